The Morgan fingerprint density at radius 1 is 1.33 bits per heavy atom. The first-order valence-electron chi connectivity index (χ1n) is 6.61. The fraction of sp³-hybridized carbons (Fsp3) is 0.188. The zero-order chi connectivity index (χ0) is 14.7. The molecule has 1 N–H and O–H groups in total. The predicted molar refractivity (Wildman–Crippen MR) is 81.2 cm³/mol. The molecule has 21 heavy (non-hydrogen) atoms. The minimum Gasteiger partial charge on any atom is -0.487 e. The van der Waals surface area contributed by atoms with Crippen LogP contribution in [-0.4, -0.2) is 10.1 Å². The first-order chi connectivity index (χ1) is 10.2. The molecule has 0 unspecified atom stereocenters. The zero-order valence-electron chi connectivity index (χ0n) is 11.5. The van der Waals surface area contributed by atoms with Gasteiger partial charge in [0, 0.05) is 0 Å². The Balaban J connectivity index is 1.67. The minimum atomic E-state index is -0.508. The van der Waals surface area contributed by atoms with Gasteiger partial charge in [0.25, 0.3) is 0 Å². The molecule has 0 bridgehead atoms. The summed E-state index contributed by atoms with van der Waals surface area (Å²) in [4.78, 5) is 5.39. The van der Waals surface area contributed by atoms with Gasteiger partial charge in [0.1, 0.15) is 24.3 Å². The molecular weight excluding hydrogens is 286 g/mol. The lowest BCUT2D eigenvalue weighted by Gasteiger charge is -2.08. The van der Waals surface area contributed by atoms with Gasteiger partial charge < -0.3 is 14.3 Å². The number of hydrogen-bond donors (Lipinski definition) is 1. The van der Waals surface area contributed by atoms with Crippen LogP contribution in [-0.2, 0) is 6.61 Å². The highest BCUT2D eigenvalue weighted by Crippen LogP contribution is 2.24. The molecule has 2 heterocycles. The van der Waals surface area contributed by atoms with E-state index < -0.39 is 6.10 Å². The van der Waals surface area contributed by atoms with Crippen LogP contribution in [0.2, 0.25) is 0 Å². The Morgan fingerprint density at radius 3 is 3.00 bits per heavy atom. The summed E-state index contributed by atoms with van der Waals surface area (Å²) in [5.41, 5.74) is 1.56. The number of oxazole rings is 1. The van der Waals surface area contributed by atoms with Crippen LogP contribution in [0.3, 0.4) is 0 Å². The molecule has 0 spiro atoms. The van der Waals surface area contributed by atoms with Crippen LogP contribution in [0.1, 0.15) is 24.3 Å². The van der Waals surface area contributed by atoms with Crippen LogP contribution < -0.4 is 4.74 Å². The standard InChI is InChI=1S/C16H15NO3S/c1-11(18)12-4-2-5-14(8-12)19-9-13-10-20-16(17-13)15-6-3-7-21-15/h2-8,10-11,18H,9H2,1H3/t11-/m0/s1. The SMILES string of the molecule is C[C@H](O)c1cccc(OCc2coc(-c3cccs3)n2)c1. The fourth-order valence-electron chi connectivity index (χ4n) is 1.91. The summed E-state index contributed by atoms with van der Waals surface area (Å²) >= 11 is 1.58. The second-order valence-electron chi connectivity index (χ2n) is 4.66. The number of thiophene rings is 1. The van der Waals surface area contributed by atoms with Crippen molar-refractivity contribution in [3.8, 4) is 16.5 Å². The van der Waals surface area contributed by atoms with Crippen molar-refractivity contribution in [2.75, 3.05) is 0 Å². The second-order valence-corrected chi connectivity index (χ2v) is 5.61. The fourth-order valence-corrected chi connectivity index (χ4v) is 2.56. The number of aliphatic hydroxyl groups excluding tert-OH is 1. The summed E-state index contributed by atoms with van der Waals surface area (Å²) in [7, 11) is 0. The summed E-state index contributed by atoms with van der Waals surface area (Å²) < 4.78 is 11.1. The maximum atomic E-state index is 9.56. The summed E-state index contributed by atoms with van der Waals surface area (Å²) in [5, 5.41) is 11.5. The van der Waals surface area contributed by atoms with E-state index in [4.69, 9.17) is 9.15 Å². The topological polar surface area (TPSA) is 55.5 Å². The van der Waals surface area contributed by atoms with Crippen LogP contribution in [0.15, 0.2) is 52.5 Å². The highest BCUT2D eigenvalue weighted by Gasteiger charge is 2.08. The van der Waals surface area contributed by atoms with Crippen molar-refractivity contribution in [1.29, 1.82) is 0 Å². The van der Waals surface area contributed by atoms with Gasteiger partial charge in [-0.25, -0.2) is 4.98 Å². The number of ether oxygens (including phenoxy) is 1. The quantitative estimate of drug-likeness (QED) is 0.773. The highest BCUT2D eigenvalue weighted by atomic mass is 32.1. The Morgan fingerprint density at radius 2 is 2.24 bits per heavy atom. The highest BCUT2D eigenvalue weighted by molar-refractivity contribution is 7.13. The van der Waals surface area contributed by atoms with Crippen molar-refractivity contribution in [2.24, 2.45) is 0 Å². The molecule has 5 heteroatoms. The van der Waals surface area contributed by atoms with Crippen molar-refractivity contribution in [3.05, 3.63) is 59.3 Å². The van der Waals surface area contributed by atoms with Gasteiger partial charge in [0.2, 0.25) is 5.89 Å². The largest absolute Gasteiger partial charge is 0.487 e. The van der Waals surface area contributed by atoms with Gasteiger partial charge in [-0.15, -0.1) is 11.3 Å². The van der Waals surface area contributed by atoms with Crippen molar-refractivity contribution in [1.82, 2.24) is 4.98 Å². The smallest absolute Gasteiger partial charge is 0.236 e. The molecule has 0 aliphatic rings. The molecule has 0 saturated heterocycles. The molecule has 0 aliphatic heterocycles. The van der Waals surface area contributed by atoms with Crippen LogP contribution in [0, 0.1) is 0 Å². The lowest BCUT2D eigenvalue weighted by atomic mass is 10.1. The summed E-state index contributed by atoms with van der Waals surface area (Å²) in [6, 6.07) is 11.3. The summed E-state index contributed by atoms with van der Waals surface area (Å²) in [6.45, 7) is 2.06. The van der Waals surface area contributed by atoms with E-state index in [0.717, 1.165) is 16.1 Å². The predicted octanol–water partition coefficient (Wildman–Crippen LogP) is 4.04. The number of nitrogens with zero attached hydrogens (tertiary/aromatic N) is 1. The molecular formula is C16H15NO3S. The van der Waals surface area contributed by atoms with E-state index in [1.807, 2.05) is 41.8 Å². The molecule has 3 rings (SSSR count). The van der Waals surface area contributed by atoms with Gasteiger partial charge in [-0.2, -0.15) is 0 Å². The maximum absolute atomic E-state index is 9.56. The first-order valence-corrected chi connectivity index (χ1v) is 7.49. The Bertz CT molecular complexity index is 704. The number of rotatable bonds is 5. The third kappa shape index (κ3) is 3.32. The molecule has 0 fully saturated rings. The van der Waals surface area contributed by atoms with E-state index in [-0.39, 0.29) is 0 Å². The molecule has 1 aromatic carbocycles. The first kappa shape index (κ1) is 13.9. The average molecular weight is 301 g/mol. The third-order valence-electron chi connectivity index (χ3n) is 3.01. The van der Waals surface area contributed by atoms with Crippen molar-refractivity contribution < 1.29 is 14.3 Å². The molecule has 1 atom stereocenters. The van der Waals surface area contributed by atoms with Crippen LogP contribution in [0.5, 0.6) is 5.75 Å². The van der Waals surface area contributed by atoms with Gasteiger partial charge in [-0.3, -0.25) is 0 Å². The monoisotopic (exact) mass is 301 g/mol. The summed E-state index contributed by atoms with van der Waals surface area (Å²) in [6.07, 6.45) is 1.10. The van der Waals surface area contributed by atoms with Crippen molar-refractivity contribution in [3.63, 3.8) is 0 Å². The van der Waals surface area contributed by atoms with Crippen LogP contribution in [0.25, 0.3) is 10.8 Å². The number of aromatic nitrogens is 1. The molecule has 0 radical (unpaired) electrons. The van der Waals surface area contributed by atoms with E-state index >= 15 is 0 Å². The normalized spacial score (nSPS) is 12.3. The molecule has 4 nitrogen and oxygen atoms in total. The number of hydrogen-bond acceptors (Lipinski definition) is 5. The van der Waals surface area contributed by atoms with Crippen LogP contribution >= 0.6 is 11.3 Å². The Kier molecular flexibility index (Phi) is 4.03. The maximum Gasteiger partial charge on any atom is 0.236 e. The number of benzene rings is 1. The average Bonchev–Trinajstić information content (AvgIpc) is 3.16. The van der Waals surface area contributed by atoms with Gasteiger partial charge in [-0.1, -0.05) is 18.2 Å². The Hall–Kier alpha value is -2.11. The third-order valence-corrected chi connectivity index (χ3v) is 3.87. The van der Waals surface area contributed by atoms with E-state index in [1.165, 1.54) is 0 Å². The number of aliphatic hydroxyl groups is 1. The van der Waals surface area contributed by atoms with E-state index in [9.17, 15) is 5.11 Å². The molecule has 3 aromatic rings. The lowest BCUT2D eigenvalue weighted by Crippen LogP contribution is -1.97. The molecule has 0 saturated carbocycles. The molecule has 0 aliphatic carbocycles. The van der Waals surface area contributed by atoms with Crippen molar-refractivity contribution >= 4 is 11.3 Å². The second kappa shape index (κ2) is 6.11. The van der Waals surface area contributed by atoms with E-state index in [1.54, 1.807) is 24.5 Å². The van der Waals surface area contributed by atoms with Crippen LogP contribution in [0.4, 0.5) is 0 Å². The molecule has 108 valence electrons. The van der Waals surface area contributed by atoms with Gasteiger partial charge in [-0.05, 0) is 36.1 Å². The van der Waals surface area contributed by atoms with Gasteiger partial charge in [0.15, 0.2) is 0 Å². The summed E-state index contributed by atoms with van der Waals surface area (Å²) in [5.74, 6) is 1.32. The van der Waals surface area contributed by atoms with E-state index in [0.29, 0.717) is 18.2 Å². The van der Waals surface area contributed by atoms with Crippen molar-refractivity contribution in [2.45, 2.75) is 19.6 Å². The molecule has 2 aromatic heterocycles. The Labute approximate surface area is 126 Å². The minimum absolute atomic E-state index is 0.331. The van der Waals surface area contributed by atoms with Gasteiger partial charge in [0.05, 0.1) is 11.0 Å². The molecule has 0 amide bonds. The van der Waals surface area contributed by atoms with Gasteiger partial charge >= 0.3 is 0 Å². The van der Waals surface area contributed by atoms with E-state index in [2.05, 4.69) is 4.98 Å². The zero-order valence-corrected chi connectivity index (χ0v) is 12.3. The lowest BCUT2D eigenvalue weighted by molar-refractivity contribution is 0.198.